The van der Waals surface area contributed by atoms with E-state index in [0.717, 1.165) is 25.7 Å². The molecule has 0 saturated heterocycles. The van der Waals surface area contributed by atoms with E-state index in [4.69, 9.17) is 5.11 Å². The van der Waals surface area contributed by atoms with Gasteiger partial charge in [0, 0.05) is 13.1 Å². The van der Waals surface area contributed by atoms with Gasteiger partial charge in [-0.05, 0) is 50.2 Å². The second-order valence-electron chi connectivity index (χ2n) is 6.95. The molecule has 5 nitrogen and oxygen atoms in total. The van der Waals surface area contributed by atoms with E-state index in [1.165, 1.54) is 12.1 Å². The summed E-state index contributed by atoms with van der Waals surface area (Å²) in [6, 6.07) is 3.19. The van der Waals surface area contributed by atoms with Gasteiger partial charge in [-0.2, -0.15) is 0 Å². The van der Waals surface area contributed by atoms with Gasteiger partial charge < -0.3 is 10.0 Å². The minimum atomic E-state index is -1.02. The lowest BCUT2D eigenvalue weighted by molar-refractivity contribution is 0.0626. The smallest absolute Gasteiger partial charge is 0.337 e. The van der Waals surface area contributed by atoms with Crippen LogP contribution in [0, 0.1) is 12.3 Å². The first kappa shape index (κ1) is 16.5. The number of carboxylic acids is 1. The van der Waals surface area contributed by atoms with Crippen LogP contribution in [0.25, 0.3) is 0 Å². The van der Waals surface area contributed by atoms with E-state index < -0.39 is 5.97 Å². The zero-order chi connectivity index (χ0) is 16.5. The van der Waals surface area contributed by atoms with E-state index in [0.29, 0.717) is 16.8 Å². The van der Waals surface area contributed by atoms with E-state index in [2.05, 4.69) is 18.8 Å². The lowest BCUT2D eigenvalue weighted by Gasteiger charge is -2.38. The molecule has 2 rings (SSSR count). The van der Waals surface area contributed by atoms with E-state index in [1.54, 1.807) is 11.8 Å². The summed E-state index contributed by atoms with van der Waals surface area (Å²) in [5.41, 5.74) is 1.18. The third kappa shape index (κ3) is 3.46. The van der Waals surface area contributed by atoms with Crippen LogP contribution < -0.4 is 0 Å². The van der Waals surface area contributed by atoms with Crippen molar-refractivity contribution >= 4 is 11.9 Å². The predicted molar refractivity (Wildman–Crippen MR) is 84.1 cm³/mol. The maximum Gasteiger partial charge on any atom is 0.337 e. The van der Waals surface area contributed by atoms with Crippen molar-refractivity contribution in [2.24, 2.45) is 5.41 Å². The van der Waals surface area contributed by atoms with Crippen LogP contribution >= 0.6 is 0 Å². The fourth-order valence-electron chi connectivity index (χ4n) is 3.02. The molecule has 22 heavy (non-hydrogen) atoms. The molecule has 0 atom stereocenters. The topological polar surface area (TPSA) is 70.5 Å². The first-order valence-corrected chi connectivity index (χ1v) is 7.69. The first-order valence-electron chi connectivity index (χ1n) is 7.69. The van der Waals surface area contributed by atoms with Crippen molar-refractivity contribution in [1.29, 1.82) is 0 Å². The van der Waals surface area contributed by atoms with E-state index in [-0.39, 0.29) is 17.5 Å². The molecule has 1 amide bonds. The standard InChI is InChI=1S/C17H24N2O3/c1-11-13(16(21)22)5-6-14(18-11)15(20)19(4)12-7-9-17(2,3)10-8-12/h5-6,12H,7-10H2,1-4H3,(H,21,22). The molecule has 0 radical (unpaired) electrons. The second-order valence-corrected chi connectivity index (χ2v) is 6.95. The monoisotopic (exact) mass is 304 g/mol. The Hall–Kier alpha value is -1.91. The second kappa shape index (κ2) is 6.07. The molecular weight excluding hydrogens is 280 g/mol. The number of pyridine rings is 1. The molecular formula is C17H24N2O3. The summed E-state index contributed by atoms with van der Waals surface area (Å²) in [5.74, 6) is -1.16. The number of carbonyl (C=O) groups excluding carboxylic acids is 1. The first-order chi connectivity index (χ1) is 10.2. The highest BCUT2D eigenvalue weighted by Crippen LogP contribution is 2.36. The molecule has 1 N–H and O–H groups in total. The van der Waals surface area contributed by atoms with Gasteiger partial charge in [0.15, 0.2) is 0 Å². The third-order valence-corrected chi connectivity index (χ3v) is 4.71. The molecule has 120 valence electrons. The number of carbonyl (C=O) groups is 2. The SMILES string of the molecule is Cc1nc(C(=O)N(C)C2CCC(C)(C)CC2)ccc1C(=O)O. The molecule has 5 heteroatoms. The van der Waals surface area contributed by atoms with Crippen molar-refractivity contribution in [3.63, 3.8) is 0 Å². The molecule has 1 saturated carbocycles. The fourth-order valence-corrected chi connectivity index (χ4v) is 3.02. The van der Waals surface area contributed by atoms with Gasteiger partial charge in [-0.3, -0.25) is 4.79 Å². The van der Waals surface area contributed by atoms with Crippen molar-refractivity contribution in [2.75, 3.05) is 7.05 Å². The molecule has 0 aromatic carbocycles. The molecule has 1 fully saturated rings. The number of aryl methyl sites for hydroxylation is 1. The number of hydrogen-bond donors (Lipinski definition) is 1. The van der Waals surface area contributed by atoms with E-state index in [1.807, 2.05) is 7.05 Å². The van der Waals surface area contributed by atoms with Crippen LogP contribution in [0.5, 0.6) is 0 Å². The Morgan fingerprint density at radius 2 is 1.86 bits per heavy atom. The van der Waals surface area contributed by atoms with Crippen LogP contribution in [0.2, 0.25) is 0 Å². The average Bonchev–Trinajstić information content (AvgIpc) is 2.45. The molecule has 1 heterocycles. The predicted octanol–water partition coefficient (Wildman–Crippen LogP) is 3.13. The van der Waals surface area contributed by atoms with Gasteiger partial charge in [-0.15, -0.1) is 0 Å². The fraction of sp³-hybridized carbons (Fsp3) is 0.588. The Bertz CT molecular complexity index is 586. The van der Waals surface area contributed by atoms with Crippen molar-refractivity contribution < 1.29 is 14.7 Å². The summed E-state index contributed by atoms with van der Waals surface area (Å²) in [6.07, 6.45) is 4.22. The van der Waals surface area contributed by atoms with Crippen molar-refractivity contribution in [1.82, 2.24) is 9.88 Å². The van der Waals surface area contributed by atoms with Gasteiger partial charge in [0.05, 0.1) is 11.3 Å². The van der Waals surface area contributed by atoms with Crippen LogP contribution in [0.3, 0.4) is 0 Å². The lowest BCUT2D eigenvalue weighted by Crippen LogP contribution is -2.41. The quantitative estimate of drug-likeness (QED) is 0.931. The lowest BCUT2D eigenvalue weighted by atomic mass is 9.75. The molecule has 0 bridgehead atoms. The van der Waals surface area contributed by atoms with Crippen molar-refractivity contribution in [2.45, 2.75) is 52.5 Å². The maximum absolute atomic E-state index is 12.6. The number of amides is 1. The van der Waals surface area contributed by atoms with Gasteiger partial charge in [0.1, 0.15) is 5.69 Å². The average molecular weight is 304 g/mol. The number of nitrogens with zero attached hydrogens (tertiary/aromatic N) is 2. The summed E-state index contributed by atoms with van der Waals surface area (Å²) in [7, 11) is 1.81. The summed E-state index contributed by atoms with van der Waals surface area (Å²) >= 11 is 0. The Morgan fingerprint density at radius 3 is 2.36 bits per heavy atom. The molecule has 0 aliphatic heterocycles. The van der Waals surface area contributed by atoms with E-state index in [9.17, 15) is 9.59 Å². The molecule has 1 aromatic heterocycles. The van der Waals surface area contributed by atoms with Gasteiger partial charge >= 0.3 is 5.97 Å². The maximum atomic E-state index is 12.6. The van der Waals surface area contributed by atoms with Gasteiger partial charge in [0.2, 0.25) is 0 Å². The highest BCUT2D eigenvalue weighted by Gasteiger charge is 2.31. The minimum Gasteiger partial charge on any atom is -0.478 e. The van der Waals surface area contributed by atoms with Crippen LogP contribution in [-0.4, -0.2) is 40.0 Å². The Morgan fingerprint density at radius 1 is 1.27 bits per heavy atom. The van der Waals surface area contributed by atoms with Crippen LogP contribution in [0.15, 0.2) is 12.1 Å². The largest absolute Gasteiger partial charge is 0.478 e. The van der Waals surface area contributed by atoms with Crippen LogP contribution in [0.4, 0.5) is 0 Å². The molecule has 1 aliphatic carbocycles. The van der Waals surface area contributed by atoms with Gasteiger partial charge in [-0.25, -0.2) is 9.78 Å². The number of aromatic carboxylic acids is 1. The minimum absolute atomic E-state index is 0.134. The molecule has 1 aromatic rings. The zero-order valence-electron chi connectivity index (χ0n) is 13.7. The molecule has 0 spiro atoms. The third-order valence-electron chi connectivity index (χ3n) is 4.71. The Balaban J connectivity index is 2.11. The van der Waals surface area contributed by atoms with E-state index >= 15 is 0 Å². The van der Waals surface area contributed by atoms with Crippen LogP contribution in [-0.2, 0) is 0 Å². The normalized spacial score (nSPS) is 18.0. The summed E-state index contributed by atoms with van der Waals surface area (Å²) in [4.78, 5) is 29.5. The highest BCUT2D eigenvalue weighted by atomic mass is 16.4. The summed E-state index contributed by atoms with van der Waals surface area (Å²) in [5, 5.41) is 9.02. The Kier molecular flexibility index (Phi) is 4.54. The van der Waals surface area contributed by atoms with Gasteiger partial charge in [-0.1, -0.05) is 13.8 Å². The van der Waals surface area contributed by atoms with Crippen molar-refractivity contribution in [3.05, 3.63) is 29.1 Å². The number of rotatable bonds is 3. The van der Waals surface area contributed by atoms with Crippen molar-refractivity contribution in [3.8, 4) is 0 Å². The van der Waals surface area contributed by atoms with Crippen LogP contribution in [0.1, 0.15) is 66.1 Å². The number of aromatic nitrogens is 1. The van der Waals surface area contributed by atoms with Gasteiger partial charge in [0.25, 0.3) is 5.91 Å². The Labute approximate surface area is 131 Å². The summed E-state index contributed by atoms with van der Waals surface area (Å²) in [6.45, 7) is 6.14. The zero-order valence-corrected chi connectivity index (χ0v) is 13.7. The number of carboxylic acid groups (broad SMARTS) is 1. The molecule has 0 unspecified atom stereocenters. The number of hydrogen-bond acceptors (Lipinski definition) is 3. The molecule has 1 aliphatic rings. The summed E-state index contributed by atoms with van der Waals surface area (Å²) < 4.78 is 0. The highest BCUT2D eigenvalue weighted by molar-refractivity contribution is 5.94.